The van der Waals surface area contributed by atoms with Crippen LogP contribution in [0.3, 0.4) is 0 Å². The molecule has 0 amide bonds. The largest absolute Gasteiger partial charge is 0.480 e. The second kappa shape index (κ2) is 4.92. The first-order chi connectivity index (χ1) is 8.78. The summed E-state index contributed by atoms with van der Waals surface area (Å²) in [5.41, 5.74) is 0.649. The van der Waals surface area contributed by atoms with Crippen LogP contribution in [0.2, 0.25) is 0 Å². The molecule has 0 saturated carbocycles. The third-order valence-electron chi connectivity index (χ3n) is 3.89. The van der Waals surface area contributed by atoms with Crippen molar-refractivity contribution in [3.63, 3.8) is 0 Å². The summed E-state index contributed by atoms with van der Waals surface area (Å²) in [7, 11) is 1.57. The van der Waals surface area contributed by atoms with Crippen LogP contribution < -0.4 is 4.74 Å². The molecule has 0 spiro atoms. The van der Waals surface area contributed by atoms with Crippen molar-refractivity contribution in [1.29, 1.82) is 0 Å². The Morgan fingerprint density at radius 3 is 2.78 bits per heavy atom. The molecule has 3 heterocycles. The Hall–Kier alpha value is -1.03. The van der Waals surface area contributed by atoms with Crippen molar-refractivity contribution >= 4 is 17.5 Å². The number of ether oxygens (including phenoxy) is 1. The Bertz CT molecular complexity index is 451. The van der Waals surface area contributed by atoms with Crippen LogP contribution >= 0.6 is 11.8 Å². The lowest BCUT2D eigenvalue weighted by molar-refractivity contribution is 0.0903. The van der Waals surface area contributed by atoms with E-state index in [9.17, 15) is 4.79 Å². The van der Waals surface area contributed by atoms with Gasteiger partial charge in [0.1, 0.15) is 0 Å². The summed E-state index contributed by atoms with van der Waals surface area (Å²) >= 11 is 2.08. The molecule has 96 valence electrons. The lowest BCUT2D eigenvalue weighted by Gasteiger charge is -2.26. The van der Waals surface area contributed by atoms with Crippen molar-refractivity contribution in [2.45, 2.75) is 36.2 Å². The predicted molar refractivity (Wildman–Crippen MR) is 72.2 cm³/mol. The Morgan fingerprint density at radius 1 is 1.39 bits per heavy atom. The monoisotopic (exact) mass is 263 g/mol. The zero-order valence-electron chi connectivity index (χ0n) is 10.5. The van der Waals surface area contributed by atoms with E-state index in [0.29, 0.717) is 21.9 Å². The first-order valence-corrected chi connectivity index (χ1v) is 7.41. The number of hydrogen-bond acceptors (Lipinski definition) is 4. The lowest BCUT2D eigenvalue weighted by atomic mass is 9.91. The Morgan fingerprint density at radius 2 is 2.11 bits per heavy atom. The summed E-state index contributed by atoms with van der Waals surface area (Å²) in [4.78, 5) is 16.7. The molecular weight excluding hydrogens is 246 g/mol. The fraction of sp³-hybridized carbons (Fsp3) is 0.571. The van der Waals surface area contributed by atoms with Crippen molar-refractivity contribution in [1.82, 2.24) is 4.98 Å². The Balaban J connectivity index is 1.82. The molecule has 1 aromatic heterocycles. The molecule has 4 heteroatoms. The van der Waals surface area contributed by atoms with Gasteiger partial charge in [0.05, 0.1) is 12.7 Å². The summed E-state index contributed by atoms with van der Waals surface area (Å²) in [6.45, 7) is 0. The molecule has 3 nitrogen and oxygen atoms in total. The van der Waals surface area contributed by atoms with Gasteiger partial charge >= 0.3 is 0 Å². The number of methoxy groups -OCH3 is 1. The topological polar surface area (TPSA) is 39.2 Å². The minimum atomic E-state index is 0.168. The molecule has 2 aliphatic heterocycles. The number of nitrogens with zero attached hydrogens (tertiary/aromatic N) is 1. The number of Topliss-reactive ketones (excluding diaryl/α,β-unsaturated/α-hetero) is 1. The lowest BCUT2D eigenvalue weighted by Crippen LogP contribution is -2.25. The van der Waals surface area contributed by atoms with E-state index >= 15 is 0 Å². The highest BCUT2D eigenvalue weighted by Crippen LogP contribution is 2.46. The maximum atomic E-state index is 12.6. The maximum Gasteiger partial charge on any atom is 0.224 e. The predicted octanol–water partition coefficient (Wildman–Crippen LogP) is 2.95. The van der Waals surface area contributed by atoms with Crippen LogP contribution in [0.5, 0.6) is 5.88 Å². The van der Waals surface area contributed by atoms with E-state index in [0.717, 1.165) is 12.8 Å². The van der Waals surface area contributed by atoms with Crippen molar-refractivity contribution < 1.29 is 9.53 Å². The summed E-state index contributed by atoms with van der Waals surface area (Å²) in [5.74, 6) is 0.854. The molecular formula is C14H17NO2S. The Kier molecular flexibility index (Phi) is 3.29. The summed E-state index contributed by atoms with van der Waals surface area (Å²) in [5, 5.41) is 1.39. The van der Waals surface area contributed by atoms with Gasteiger partial charge in [0, 0.05) is 22.6 Å². The third kappa shape index (κ3) is 2.14. The minimum absolute atomic E-state index is 0.168. The van der Waals surface area contributed by atoms with Gasteiger partial charge in [-0.25, -0.2) is 4.98 Å². The van der Waals surface area contributed by atoms with Crippen LogP contribution in [-0.2, 0) is 0 Å². The molecule has 0 aromatic carbocycles. The van der Waals surface area contributed by atoms with E-state index in [1.807, 2.05) is 12.1 Å². The van der Waals surface area contributed by atoms with Crippen LogP contribution in [0.25, 0.3) is 0 Å². The average Bonchev–Trinajstić information content (AvgIpc) is 2.76. The molecule has 2 atom stereocenters. The number of aromatic nitrogens is 1. The van der Waals surface area contributed by atoms with Crippen LogP contribution in [0.4, 0.5) is 0 Å². The number of carbonyl (C=O) groups excluding carboxylic acids is 1. The van der Waals surface area contributed by atoms with E-state index in [4.69, 9.17) is 4.74 Å². The first-order valence-electron chi connectivity index (χ1n) is 6.46. The van der Waals surface area contributed by atoms with Gasteiger partial charge in [0.2, 0.25) is 5.88 Å². The smallest absolute Gasteiger partial charge is 0.224 e. The van der Waals surface area contributed by atoms with Gasteiger partial charge in [-0.2, -0.15) is 11.8 Å². The number of ketones is 1. The van der Waals surface area contributed by atoms with Crippen LogP contribution in [-0.4, -0.2) is 28.4 Å². The molecule has 0 aliphatic carbocycles. The van der Waals surface area contributed by atoms with Gasteiger partial charge in [0.15, 0.2) is 5.78 Å². The number of pyridine rings is 1. The molecule has 18 heavy (non-hydrogen) atoms. The third-order valence-corrected chi connectivity index (χ3v) is 5.52. The van der Waals surface area contributed by atoms with E-state index in [-0.39, 0.29) is 11.7 Å². The van der Waals surface area contributed by atoms with E-state index in [1.165, 1.54) is 12.8 Å². The number of hydrogen-bond donors (Lipinski definition) is 0. The van der Waals surface area contributed by atoms with E-state index in [1.54, 1.807) is 13.3 Å². The average molecular weight is 263 g/mol. The molecule has 0 N–H and O–H groups in total. The zero-order valence-corrected chi connectivity index (χ0v) is 11.3. The van der Waals surface area contributed by atoms with Crippen LogP contribution in [0, 0.1) is 5.92 Å². The summed E-state index contributed by atoms with van der Waals surface area (Å²) in [6.07, 6.45) is 6.28. The standard InChI is InChI=1S/C14H17NO2S/c1-17-14-12(3-2-6-15-14)13(16)9-7-10-4-5-11(8-9)18-10/h2-3,6,9-11H,4-5,7-8H2,1H3. The van der Waals surface area contributed by atoms with Crippen molar-refractivity contribution in [3.8, 4) is 5.88 Å². The molecule has 2 bridgehead atoms. The number of carbonyl (C=O) groups is 1. The quantitative estimate of drug-likeness (QED) is 0.786. The highest BCUT2D eigenvalue weighted by atomic mass is 32.2. The maximum absolute atomic E-state index is 12.6. The number of rotatable bonds is 3. The van der Waals surface area contributed by atoms with Gasteiger partial charge in [0.25, 0.3) is 0 Å². The summed E-state index contributed by atoms with van der Waals surface area (Å²) < 4.78 is 5.19. The number of fused-ring (bicyclic) bond motifs is 2. The fourth-order valence-electron chi connectivity index (χ4n) is 3.03. The molecule has 2 saturated heterocycles. The van der Waals surface area contributed by atoms with E-state index in [2.05, 4.69) is 16.7 Å². The molecule has 0 radical (unpaired) electrons. The van der Waals surface area contributed by atoms with Crippen molar-refractivity contribution in [2.75, 3.05) is 7.11 Å². The van der Waals surface area contributed by atoms with Gasteiger partial charge < -0.3 is 4.74 Å². The first kappa shape index (κ1) is 12.0. The molecule has 1 aromatic rings. The van der Waals surface area contributed by atoms with Crippen LogP contribution in [0.1, 0.15) is 36.0 Å². The van der Waals surface area contributed by atoms with Gasteiger partial charge in [-0.3, -0.25) is 4.79 Å². The van der Waals surface area contributed by atoms with Gasteiger partial charge in [-0.15, -0.1) is 0 Å². The van der Waals surface area contributed by atoms with E-state index < -0.39 is 0 Å². The second-order valence-electron chi connectivity index (χ2n) is 5.05. The second-order valence-corrected chi connectivity index (χ2v) is 6.66. The molecule has 3 rings (SSSR count). The van der Waals surface area contributed by atoms with Crippen molar-refractivity contribution in [2.24, 2.45) is 5.92 Å². The SMILES string of the molecule is COc1ncccc1C(=O)C1CC2CCC(C1)S2. The van der Waals surface area contributed by atoms with Gasteiger partial charge in [-0.1, -0.05) is 0 Å². The highest BCUT2D eigenvalue weighted by Gasteiger charge is 2.38. The zero-order chi connectivity index (χ0) is 12.5. The molecule has 2 aliphatic rings. The van der Waals surface area contributed by atoms with Gasteiger partial charge in [-0.05, 0) is 37.8 Å². The van der Waals surface area contributed by atoms with Crippen molar-refractivity contribution in [3.05, 3.63) is 23.9 Å². The number of thioether (sulfide) groups is 1. The Labute approximate surface area is 111 Å². The minimum Gasteiger partial charge on any atom is -0.480 e. The normalized spacial score (nSPS) is 30.2. The molecule has 2 fully saturated rings. The fourth-order valence-corrected chi connectivity index (χ4v) is 4.81. The highest BCUT2D eigenvalue weighted by molar-refractivity contribution is 8.00. The molecule has 2 unspecified atom stereocenters. The van der Waals surface area contributed by atoms with Crippen LogP contribution in [0.15, 0.2) is 18.3 Å². The summed E-state index contributed by atoms with van der Waals surface area (Å²) in [6, 6.07) is 3.64.